The van der Waals surface area contributed by atoms with Gasteiger partial charge in [0.25, 0.3) is 0 Å². The van der Waals surface area contributed by atoms with Gasteiger partial charge in [-0.3, -0.25) is 14.6 Å². The number of thiazole rings is 1. The number of carbonyl (C=O) groups excluding carboxylic acids is 1. The molecule has 6 nitrogen and oxygen atoms in total. The number of rotatable bonds is 5. The van der Waals surface area contributed by atoms with E-state index in [4.69, 9.17) is 9.47 Å². The van der Waals surface area contributed by atoms with E-state index in [1.54, 1.807) is 11.3 Å². The van der Waals surface area contributed by atoms with Gasteiger partial charge in [-0.25, -0.2) is 4.98 Å². The van der Waals surface area contributed by atoms with Crippen molar-refractivity contribution in [3.63, 3.8) is 0 Å². The molecule has 4 rings (SSSR count). The Bertz CT molecular complexity index is 781. The summed E-state index contributed by atoms with van der Waals surface area (Å²) in [6.45, 7) is 4.97. The van der Waals surface area contributed by atoms with Crippen molar-refractivity contribution >= 4 is 17.3 Å². The largest absolute Gasteiger partial charge is 0.492 e. The molecule has 1 fully saturated rings. The number of carbonyl (C=O) groups is 1. The Morgan fingerprint density at radius 2 is 2.30 bits per heavy atom. The van der Waals surface area contributed by atoms with Crippen molar-refractivity contribution in [2.24, 2.45) is 0 Å². The number of nitrogens with zero attached hydrogens (tertiary/aromatic N) is 3. The maximum Gasteiger partial charge on any atom is 0.323 e. The van der Waals surface area contributed by atoms with E-state index in [-0.39, 0.29) is 12.0 Å². The minimum atomic E-state index is -0.125. The van der Waals surface area contributed by atoms with Crippen LogP contribution >= 0.6 is 11.3 Å². The minimum Gasteiger partial charge on any atom is -0.492 e. The van der Waals surface area contributed by atoms with Gasteiger partial charge in [0.2, 0.25) is 0 Å². The Morgan fingerprint density at radius 1 is 1.37 bits per heavy atom. The summed E-state index contributed by atoms with van der Waals surface area (Å²) in [6.07, 6.45) is 3.77. The molecular formula is C20H25N3O3S. The van der Waals surface area contributed by atoms with Crippen molar-refractivity contribution in [1.82, 2.24) is 14.8 Å². The summed E-state index contributed by atoms with van der Waals surface area (Å²) in [6, 6.07) is 6.29. The van der Waals surface area contributed by atoms with Crippen molar-refractivity contribution in [3.8, 4) is 5.75 Å². The first-order valence-electron chi connectivity index (χ1n) is 9.40. The van der Waals surface area contributed by atoms with E-state index in [0.29, 0.717) is 6.61 Å². The third-order valence-electron chi connectivity index (χ3n) is 5.25. The number of esters is 1. The van der Waals surface area contributed by atoms with Crippen LogP contribution in [0.2, 0.25) is 0 Å². The van der Waals surface area contributed by atoms with Gasteiger partial charge < -0.3 is 9.47 Å². The maximum atomic E-state index is 12.0. The van der Waals surface area contributed by atoms with Crippen molar-refractivity contribution in [2.75, 3.05) is 26.8 Å². The molecule has 2 aliphatic rings. The van der Waals surface area contributed by atoms with Crippen LogP contribution in [0.15, 0.2) is 29.8 Å². The second kappa shape index (κ2) is 8.37. The average molecular weight is 388 g/mol. The fraction of sp³-hybridized carbons (Fsp3) is 0.500. The lowest BCUT2D eigenvalue weighted by atomic mass is 10.1. The minimum absolute atomic E-state index is 0.119. The summed E-state index contributed by atoms with van der Waals surface area (Å²) in [7, 11) is 1.47. The number of hydrogen-bond acceptors (Lipinski definition) is 7. The molecule has 1 aromatic heterocycles. The summed E-state index contributed by atoms with van der Waals surface area (Å²) in [4.78, 5) is 21.0. The zero-order valence-electron chi connectivity index (χ0n) is 15.6. The van der Waals surface area contributed by atoms with Gasteiger partial charge in [-0.2, -0.15) is 0 Å². The van der Waals surface area contributed by atoms with Crippen LogP contribution in [-0.2, 0) is 29.2 Å². The Hall–Kier alpha value is -1.96. The van der Waals surface area contributed by atoms with Gasteiger partial charge in [-0.05, 0) is 37.1 Å². The lowest BCUT2D eigenvalue weighted by Crippen LogP contribution is -2.36. The summed E-state index contributed by atoms with van der Waals surface area (Å²) in [5.74, 6) is 0.839. The smallest absolute Gasteiger partial charge is 0.323 e. The molecule has 144 valence electrons. The molecule has 0 N–H and O–H groups in total. The third kappa shape index (κ3) is 4.31. The molecule has 7 heteroatoms. The van der Waals surface area contributed by atoms with Gasteiger partial charge >= 0.3 is 5.97 Å². The summed E-state index contributed by atoms with van der Waals surface area (Å²) in [5.41, 5.74) is 2.42. The first-order valence-corrected chi connectivity index (χ1v) is 10.3. The highest BCUT2D eigenvalue weighted by Gasteiger charge is 2.31. The third-order valence-corrected chi connectivity index (χ3v) is 6.01. The second-order valence-corrected chi connectivity index (χ2v) is 8.06. The zero-order valence-corrected chi connectivity index (χ0v) is 16.4. The fourth-order valence-electron chi connectivity index (χ4n) is 3.91. The second-order valence-electron chi connectivity index (χ2n) is 7.08. The van der Waals surface area contributed by atoms with Crippen LogP contribution in [0.1, 0.15) is 29.0 Å². The topological polar surface area (TPSA) is 54.9 Å². The Balaban J connectivity index is 1.47. The average Bonchev–Trinajstić information content (AvgIpc) is 3.30. The number of fused-ring (bicyclic) bond motifs is 1. The molecule has 1 atom stereocenters. The van der Waals surface area contributed by atoms with Crippen LogP contribution in [-0.4, -0.2) is 53.6 Å². The van der Waals surface area contributed by atoms with Gasteiger partial charge in [0, 0.05) is 36.8 Å². The van der Waals surface area contributed by atoms with E-state index >= 15 is 0 Å². The van der Waals surface area contributed by atoms with Gasteiger partial charge in [0.1, 0.15) is 23.4 Å². The standard InChI is InChI=1S/C20H25N3O3S/c1-25-20(24)17-3-2-7-23(17)12-15-4-5-18-16(11-15)13-22(8-9-26-18)14-19-21-6-10-27-19/h4-6,10-11,17H,2-3,7-9,12-14H2,1H3/t17-/m0/s1. The summed E-state index contributed by atoms with van der Waals surface area (Å²) < 4.78 is 10.9. The van der Waals surface area contributed by atoms with Crippen LogP contribution in [0, 0.1) is 0 Å². The van der Waals surface area contributed by atoms with E-state index in [0.717, 1.165) is 56.3 Å². The van der Waals surface area contributed by atoms with Crippen molar-refractivity contribution in [1.29, 1.82) is 0 Å². The van der Waals surface area contributed by atoms with E-state index in [9.17, 15) is 4.79 Å². The number of benzene rings is 1. The Kier molecular flexibility index (Phi) is 5.71. The van der Waals surface area contributed by atoms with Gasteiger partial charge in [-0.15, -0.1) is 11.3 Å². The van der Waals surface area contributed by atoms with Crippen LogP contribution in [0.4, 0.5) is 0 Å². The molecule has 2 aromatic rings. The number of aromatic nitrogens is 1. The predicted octanol–water partition coefficient (Wildman–Crippen LogP) is 2.68. The maximum absolute atomic E-state index is 12.0. The predicted molar refractivity (Wildman–Crippen MR) is 104 cm³/mol. The first kappa shape index (κ1) is 18.4. The molecule has 2 aliphatic heterocycles. The SMILES string of the molecule is COC(=O)[C@@H]1CCCN1Cc1ccc2c(c1)CN(Cc1nccs1)CCO2. The molecule has 0 radical (unpaired) electrons. The monoisotopic (exact) mass is 387 g/mol. The molecule has 27 heavy (non-hydrogen) atoms. The molecule has 0 amide bonds. The zero-order chi connectivity index (χ0) is 18.6. The quantitative estimate of drug-likeness (QED) is 0.736. The lowest BCUT2D eigenvalue weighted by molar-refractivity contribution is -0.146. The summed E-state index contributed by atoms with van der Waals surface area (Å²) in [5, 5.41) is 3.15. The molecule has 0 bridgehead atoms. The van der Waals surface area contributed by atoms with E-state index in [1.165, 1.54) is 18.2 Å². The molecule has 0 spiro atoms. The highest BCUT2D eigenvalue weighted by atomic mass is 32.1. The van der Waals surface area contributed by atoms with Gasteiger partial charge in [0.15, 0.2) is 0 Å². The Morgan fingerprint density at radius 3 is 3.11 bits per heavy atom. The summed E-state index contributed by atoms with van der Waals surface area (Å²) >= 11 is 1.69. The number of ether oxygens (including phenoxy) is 2. The normalized spacial score (nSPS) is 20.7. The van der Waals surface area contributed by atoms with Crippen molar-refractivity contribution < 1.29 is 14.3 Å². The number of methoxy groups -OCH3 is 1. The molecule has 0 unspecified atom stereocenters. The molecule has 1 aromatic carbocycles. The van der Waals surface area contributed by atoms with E-state index in [1.807, 2.05) is 11.6 Å². The molecule has 3 heterocycles. The van der Waals surface area contributed by atoms with Crippen molar-refractivity contribution in [3.05, 3.63) is 45.9 Å². The fourth-order valence-corrected chi connectivity index (χ4v) is 4.57. The first-order chi connectivity index (χ1) is 13.2. The molecule has 0 aliphatic carbocycles. The van der Waals surface area contributed by atoms with Crippen LogP contribution in [0.3, 0.4) is 0 Å². The van der Waals surface area contributed by atoms with E-state index in [2.05, 4.69) is 33.0 Å². The Labute approximate surface area is 163 Å². The lowest BCUT2D eigenvalue weighted by Gasteiger charge is -2.23. The van der Waals surface area contributed by atoms with Crippen LogP contribution < -0.4 is 4.74 Å². The number of likely N-dealkylation sites (tertiary alicyclic amines) is 1. The molecule has 0 saturated carbocycles. The van der Waals surface area contributed by atoms with Crippen LogP contribution in [0.25, 0.3) is 0 Å². The van der Waals surface area contributed by atoms with Crippen molar-refractivity contribution in [2.45, 2.75) is 38.5 Å². The highest BCUT2D eigenvalue weighted by molar-refractivity contribution is 7.09. The van der Waals surface area contributed by atoms with Gasteiger partial charge in [-0.1, -0.05) is 6.07 Å². The van der Waals surface area contributed by atoms with Crippen LogP contribution in [0.5, 0.6) is 5.75 Å². The van der Waals surface area contributed by atoms with E-state index < -0.39 is 0 Å². The highest BCUT2D eigenvalue weighted by Crippen LogP contribution is 2.27. The molecule has 1 saturated heterocycles. The van der Waals surface area contributed by atoms with Gasteiger partial charge in [0.05, 0.1) is 13.7 Å². The molecular weight excluding hydrogens is 362 g/mol. The number of hydrogen-bond donors (Lipinski definition) is 0.